The number of carbonyl (C=O) groups is 1. The first-order chi connectivity index (χ1) is 6.59. The average molecular weight is 214 g/mol. The van der Waals surface area contributed by atoms with Gasteiger partial charge in [-0.2, -0.15) is 0 Å². The third-order valence-electron chi connectivity index (χ3n) is 1.19. The van der Waals surface area contributed by atoms with Crippen LogP contribution in [0, 0.1) is 0 Å². The largest absolute Gasteiger partial charge is 0.476 e. The van der Waals surface area contributed by atoms with Crippen molar-refractivity contribution in [1.82, 2.24) is 4.98 Å². The normalized spacial score (nSPS) is 9.57. The fourth-order valence-electron chi connectivity index (χ4n) is 0.699. The van der Waals surface area contributed by atoms with E-state index in [9.17, 15) is 4.79 Å². The lowest BCUT2D eigenvalue weighted by molar-refractivity contribution is 0.0695. The smallest absolute Gasteiger partial charge is 0.365 e. The zero-order chi connectivity index (χ0) is 10.6. The molecule has 0 saturated carbocycles. The molecule has 76 valence electrons. The molecule has 0 bridgehead atoms. The first kappa shape index (κ1) is 10.6. The molecule has 5 nitrogen and oxygen atoms in total. The molecule has 0 unspecified atom stereocenters. The fraction of sp³-hybridized carbons (Fsp3) is 0.375. The maximum Gasteiger partial charge on any atom is 0.365 e. The molecule has 0 fully saturated rings. The summed E-state index contributed by atoms with van der Waals surface area (Å²) in [6.07, 6.45) is 0. The highest BCUT2D eigenvalue weighted by Crippen LogP contribution is 2.10. The number of aromatic carboxylic acids is 1. The average Bonchev–Trinajstić information content (AvgIpc) is 2.52. The number of hydrogen-bond acceptors (Lipinski definition) is 5. The Kier molecular flexibility index (Phi) is 3.58. The van der Waals surface area contributed by atoms with Crippen LogP contribution < -0.4 is 0 Å². The van der Waals surface area contributed by atoms with Gasteiger partial charge in [-0.05, 0) is 13.8 Å². The Hall–Kier alpha value is -1.43. The summed E-state index contributed by atoms with van der Waals surface area (Å²) in [6.45, 7) is 3.82. The summed E-state index contributed by atoms with van der Waals surface area (Å²) in [5.41, 5.74) is 1.39. The van der Waals surface area contributed by atoms with Gasteiger partial charge in [-0.15, -0.1) is 11.3 Å². The van der Waals surface area contributed by atoms with Crippen LogP contribution in [0.25, 0.3) is 0 Å². The van der Waals surface area contributed by atoms with Crippen molar-refractivity contribution in [2.75, 3.05) is 0 Å². The third kappa shape index (κ3) is 3.14. The second-order valence-electron chi connectivity index (χ2n) is 2.76. The topological polar surface area (TPSA) is 71.8 Å². The Labute approximate surface area is 85.0 Å². The molecule has 0 aliphatic heterocycles. The summed E-state index contributed by atoms with van der Waals surface area (Å²) in [5.74, 6) is -1.02. The molecule has 0 aliphatic rings. The minimum atomic E-state index is -1.02. The van der Waals surface area contributed by atoms with Crippen molar-refractivity contribution in [3.63, 3.8) is 0 Å². The number of aromatic nitrogens is 1. The lowest BCUT2D eigenvalue weighted by atomic mass is 10.5. The van der Waals surface area contributed by atoms with Gasteiger partial charge < -0.3 is 9.94 Å². The van der Waals surface area contributed by atoms with Gasteiger partial charge in [0.1, 0.15) is 0 Å². The van der Waals surface area contributed by atoms with E-state index in [4.69, 9.17) is 9.94 Å². The van der Waals surface area contributed by atoms with E-state index in [0.29, 0.717) is 5.69 Å². The number of rotatable bonds is 4. The Morgan fingerprint density at radius 3 is 2.93 bits per heavy atom. The van der Waals surface area contributed by atoms with Gasteiger partial charge in [-0.25, -0.2) is 9.78 Å². The van der Waals surface area contributed by atoms with Crippen molar-refractivity contribution >= 4 is 23.0 Å². The first-order valence-electron chi connectivity index (χ1n) is 3.90. The molecule has 0 amide bonds. The van der Waals surface area contributed by atoms with E-state index in [1.165, 1.54) is 0 Å². The van der Waals surface area contributed by atoms with Gasteiger partial charge in [0, 0.05) is 5.38 Å². The van der Waals surface area contributed by atoms with E-state index < -0.39 is 5.97 Å². The minimum Gasteiger partial charge on any atom is -0.476 e. The summed E-state index contributed by atoms with van der Waals surface area (Å²) in [4.78, 5) is 19.2. The van der Waals surface area contributed by atoms with E-state index in [2.05, 4.69) is 10.1 Å². The van der Waals surface area contributed by atoms with Gasteiger partial charge in [0.15, 0.2) is 6.61 Å². The van der Waals surface area contributed by atoms with Crippen LogP contribution in [-0.4, -0.2) is 21.8 Å². The highest BCUT2D eigenvalue weighted by molar-refractivity contribution is 7.11. The molecule has 1 N–H and O–H groups in total. The molecule has 1 aromatic rings. The minimum absolute atomic E-state index is 0.0702. The van der Waals surface area contributed by atoms with Gasteiger partial charge in [0.25, 0.3) is 0 Å². The standard InChI is InChI=1S/C8H10N2O3S/c1-5(2)10-13-3-6-4-14-7(9-6)8(11)12/h4H,3H2,1-2H3,(H,11,12). The molecular formula is C8H10N2O3S. The van der Waals surface area contributed by atoms with Crippen molar-refractivity contribution in [2.45, 2.75) is 20.5 Å². The van der Waals surface area contributed by atoms with Gasteiger partial charge in [-0.3, -0.25) is 0 Å². The van der Waals surface area contributed by atoms with Gasteiger partial charge in [0.2, 0.25) is 5.01 Å². The van der Waals surface area contributed by atoms with Gasteiger partial charge in [0.05, 0.1) is 11.4 Å². The van der Waals surface area contributed by atoms with Crippen molar-refractivity contribution < 1.29 is 14.7 Å². The second-order valence-corrected chi connectivity index (χ2v) is 3.62. The highest BCUT2D eigenvalue weighted by Gasteiger charge is 2.08. The van der Waals surface area contributed by atoms with Crippen molar-refractivity contribution in [1.29, 1.82) is 0 Å². The summed E-state index contributed by atoms with van der Waals surface area (Å²) in [5, 5.41) is 14.0. The van der Waals surface area contributed by atoms with Crippen LogP contribution in [0.4, 0.5) is 0 Å². The molecule has 0 aliphatic carbocycles. The van der Waals surface area contributed by atoms with Crippen LogP contribution in [0.1, 0.15) is 29.3 Å². The molecular weight excluding hydrogens is 204 g/mol. The summed E-state index contributed by atoms with van der Waals surface area (Å²) < 4.78 is 0. The molecule has 0 spiro atoms. The Morgan fingerprint density at radius 2 is 2.43 bits per heavy atom. The summed E-state index contributed by atoms with van der Waals surface area (Å²) in [6, 6.07) is 0. The maximum atomic E-state index is 10.5. The summed E-state index contributed by atoms with van der Waals surface area (Å²) in [7, 11) is 0. The first-order valence-corrected chi connectivity index (χ1v) is 4.78. The lowest BCUT2D eigenvalue weighted by Gasteiger charge is -1.95. The van der Waals surface area contributed by atoms with Crippen LogP contribution in [-0.2, 0) is 11.4 Å². The number of thiazole rings is 1. The predicted molar refractivity (Wildman–Crippen MR) is 52.6 cm³/mol. The van der Waals surface area contributed by atoms with Crippen molar-refractivity contribution in [3.05, 3.63) is 16.1 Å². The monoisotopic (exact) mass is 214 g/mol. The quantitative estimate of drug-likeness (QED) is 0.612. The van der Waals surface area contributed by atoms with Crippen LogP contribution in [0.15, 0.2) is 10.5 Å². The molecule has 14 heavy (non-hydrogen) atoms. The van der Waals surface area contributed by atoms with Crippen molar-refractivity contribution in [2.24, 2.45) is 5.16 Å². The zero-order valence-corrected chi connectivity index (χ0v) is 8.67. The van der Waals surface area contributed by atoms with Crippen LogP contribution >= 0.6 is 11.3 Å². The number of nitrogens with zero attached hydrogens (tertiary/aromatic N) is 2. The molecule has 0 saturated heterocycles. The molecule has 1 heterocycles. The SMILES string of the molecule is CC(C)=NOCc1csc(C(=O)O)n1. The zero-order valence-electron chi connectivity index (χ0n) is 7.85. The second kappa shape index (κ2) is 4.71. The highest BCUT2D eigenvalue weighted by atomic mass is 32.1. The molecule has 0 aromatic carbocycles. The Morgan fingerprint density at radius 1 is 1.71 bits per heavy atom. The Bertz CT molecular complexity index is 355. The molecule has 0 radical (unpaired) electrons. The van der Waals surface area contributed by atoms with E-state index in [0.717, 1.165) is 17.0 Å². The number of hydrogen-bond donors (Lipinski definition) is 1. The predicted octanol–water partition coefficient (Wildman–Crippen LogP) is 1.75. The van der Waals surface area contributed by atoms with E-state index in [1.54, 1.807) is 5.38 Å². The van der Waals surface area contributed by atoms with Crippen LogP contribution in [0.3, 0.4) is 0 Å². The van der Waals surface area contributed by atoms with Crippen LogP contribution in [0.5, 0.6) is 0 Å². The van der Waals surface area contributed by atoms with E-state index in [1.807, 2.05) is 13.8 Å². The molecule has 6 heteroatoms. The van der Waals surface area contributed by atoms with E-state index in [-0.39, 0.29) is 11.6 Å². The molecule has 0 atom stereocenters. The fourth-order valence-corrected chi connectivity index (χ4v) is 1.34. The molecule has 1 rings (SSSR count). The summed E-state index contributed by atoms with van der Waals surface area (Å²) >= 11 is 1.08. The van der Waals surface area contributed by atoms with Crippen molar-refractivity contribution in [3.8, 4) is 0 Å². The Balaban J connectivity index is 2.52. The van der Waals surface area contributed by atoms with Crippen LogP contribution in [0.2, 0.25) is 0 Å². The van der Waals surface area contributed by atoms with Gasteiger partial charge >= 0.3 is 5.97 Å². The lowest BCUT2D eigenvalue weighted by Crippen LogP contribution is -1.96. The van der Waals surface area contributed by atoms with E-state index >= 15 is 0 Å². The molecule has 1 aromatic heterocycles. The van der Waals surface area contributed by atoms with Gasteiger partial charge in [-0.1, -0.05) is 5.16 Å². The maximum absolute atomic E-state index is 10.5. The number of carboxylic acid groups (broad SMARTS) is 1. The number of carboxylic acids is 1. The number of oxime groups is 1. The third-order valence-corrected chi connectivity index (χ3v) is 2.07.